The number of rotatable bonds is 7. The summed E-state index contributed by atoms with van der Waals surface area (Å²) in [7, 11) is 0. The van der Waals surface area contributed by atoms with Gasteiger partial charge in [-0.25, -0.2) is 14.0 Å². The van der Waals surface area contributed by atoms with Gasteiger partial charge in [-0.2, -0.15) is 4.98 Å². The second-order valence-corrected chi connectivity index (χ2v) is 6.39. The second-order valence-electron chi connectivity index (χ2n) is 6.39. The number of halogens is 1. The van der Waals surface area contributed by atoms with Gasteiger partial charge in [-0.3, -0.25) is 14.7 Å². The van der Waals surface area contributed by atoms with Crippen molar-refractivity contribution in [2.45, 2.75) is 64.6 Å². The lowest BCUT2D eigenvalue weighted by Gasteiger charge is -2.21. The van der Waals surface area contributed by atoms with Crippen LogP contribution in [0.2, 0.25) is 0 Å². The van der Waals surface area contributed by atoms with Crippen molar-refractivity contribution in [3.63, 3.8) is 0 Å². The van der Waals surface area contributed by atoms with Gasteiger partial charge < -0.3 is 19.3 Å². The molecule has 2 N–H and O–H groups in total. The van der Waals surface area contributed by atoms with E-state index in [1.54, 1.807) is 0 Å². The first kappa shape index (κ1) is 21.8. The van der Waals surface area contributed by atoms with Gasteiger partial charge in [0.1, 0.15) is 6.10 Å². The minimum atomic E-state index is -1.27. The van der Waals surface area contributed by atoms with Crippen molar-refractivity contribution in [2.24, 2.45) is 0 Å². The van der Waals surface area contributed by atoms with Gasteiger partial charge in [0.05, 0.1) is 18.9 Å². The zero-order valence-corrected chi connectivity index (χ0v) is 15.9. The predicted octanol–water partition coefficient (Wildman–Crippen LogP) is 1.33. The second kappa shape index (κ2) is 9.60. The van der Waals surface area contributed by atoms with E-state index in [1.807, 2.05) is 6.92 Å². The highest BCUT2D eigenvalue weighted by Gasteiger charge is 2.45. The number of anilines is 1. The third-order valence-electron chi connectivity index (χ3n) is 4.14. The lowest BCUT2D eigenvalue weighted by Crippen LogP contribution is -2.38. The molecule has 0 radical (unpaired) electrons. The Balaban J connectivity index is 2.15. The van der Waals surface area contributed by atoms with Crippen molar-refractivity contribution < 1.29 is 33.3 Å². The van der Waals surface area contributed by atoms with E-state index in [4.69, 9.17) is 14.2 Å². The fourth-order valence-corrected chi connectivity index (χ4v) is 2.72. The maximum atomic E-state index is 14.4. The molecule has 0 bridgehead atoms. The number of nitrogens with zero attached hydrogens (tertiary/aromatic N) is 2. The Labute approximate surface area is 160 Å². The average Bonchev–Trinajstić information content (AvgIpc) is 2.89. The SMILES string of the molecule is CCCCCOC(=O)Nc1nc(=O)n(C2OC(C)C(O)C2OC(C)=O)cc1F. The zero-order chi connectivity index (χ0) is 20.8. The number of nitrogens with one attached hydrogen (secondary N) is 1. The Morgan fingerprint density at radius 3 is 2.79 bits per heavy atom. The van der Waals surface area contributed by atoms with Gasteiger partial charge in [0.15, 0.2) is 24.0 Å². The summed E-state index contributed by atoms with van der Waals surface area (Å²) in [5.74, 6) is -2.32. The fourth-order valence-electron chi connectivity index (χ4n) is 2.72. The molecule has 156 valence electrons. The third kappa shape index (κ3) is 5.26. The molecule has 0 aliphatic carbocycles. The van der Waals surface area contributed by atoms with E-state index < -0.39 is 53.9 Å². The molecule has 4 unspecified atom stereocenters. The van der Waals surface area contributed by atoms with Gasteiger partial charge in [0.2, 0.25) is 0 Å². The number of hydrogen-bond acceptors (Lipinski definition) is 8. The molecule has 4 atom stereocenters. The number of aliphatic hydroxyl groups is 1. The number of amides is 1. The molecule has 2 heterocycles. The number of aliphatic hydroxyl groups excluding tert-OH is 1. The Morgan fingerprint density at radius 2 is 2.14 bits per heavy atom. The number of ether oxygens (including phenoxy) is 3. The van der Waals surface area contributed by atoms with Crippen LogP contribution in [-0.2, 0) is 19.0 Å². The van der Waals surface area contributed by atoms with E-state index in [0.717, 1.165) is 30.5 Å². The molecule has 0 saturated carbocycles. The largest absolute Gasteiger partial charge is 0.455 e. The fraction of sp³-hybridized carbons (Fsp3) is 0.647. The number of unbranched alkanes of at least 4 members (excludes halogenated alkanes) is 2. The van der Waals surface area contributed by atoms with E-state index >= 15 is 0 Å². The van der Waals surface area contributed by atoms with Crippen LogP contribution < -0.4 is 11.0 Å². The van der Waals surface area contributed by atoms with Gasteiger partial charge in [-0.1, -0.05) is 19.8 Å². The Bertz CT molecular complexity index is 770. The first-order valence-corrected chi connectivity index (χ1v) is 8.97. The number of aromatic nitrogens is 2. The monoisotopic (exact) mass is 401 g/mol. The maximum absolute atomic E-state index is 14.4. The van der Waals surface area contributed by atoms with Crippen molar-refractivity contribution in [2.75, 3.05) is 11.9 Å². The predicted molar refractivity (Wildman–Crippen MR) is 94.1 cm³/mol. The van der Waals surface area contributed by atoms with Crippen LogP contribution >= 0.6 is 0 Å². The molecular weight excluding hydrogens is 377 g/mol. The van der Waals surface area contributed by atoms with Crippen molar-refractivity contribution in [1.29, 1.82) is 0 Å². The lowest BCUT2D eigenvalue weighted by molar-refractivity contribution is -0.156. The Hall–Kier alpha value is -2.53. The van der Waals surface area contributed by atoms with E-state index in [-0.39, 0.29) is 6.61 Å². The highest BCUT2D eigenvalue weighted by molar-refractivity contribution is 5.83. The first-order chi connectivity index (χ1) is 13.2. The molecule has 1 amide bonds. The van der Waals surface area contributed by atoms with E-state index in [2.05, 4.69) is 10.3 Å². The van der Waals surface area contributed by atoms with Gasteiger partial charge >= 0.3 is 17.8 Å². The summed E-state index contributed by atoms with van der Waals surface area (Å²) in [6.07, 6.45) is -2.13. The molecule has 0 spiro atoms. The van der Waals surface area contributed by atoms with Crippen LogP contribution in [0.15, 0.2) is 11.0 Å². The molecule has 1 aromatic heterocycles. The molecule has 28 heavy (non-hydrogen) atoms. The minimum absolute atomic E-state index is 0.161. The molecular formula is C17H24FN3O7. The summed E-state index contributed by atoms with van der Waals surface area (Å²) >= 11 is 0. The van der Waals surface area contributed by atoms with Crippen LogP contribution in [0.25, 0.3) is 0 Å². The van der Waals surface area contributed by atoms with Gasteiger partial charge in [0, 0.05) is 6.92 Å². The number of esters is 1. The number of carbonyl (C=O) groups excluding carboxylic acids is 2. The molecule has 1 fully saturated rings. The summed E-state index contributed by atoms with van der Waals surface area (Å²) in [6.45, 7) is 4.80. The average molecular weight is 401 g/mol. The standard InChI is InChI=1S/C17H24FN3O7/c1-4-5-6-7-26-17(25)20-14-11(18)8-21(16(24)19-14)15-13(28-10(3)22)12(23)9(2)27-15/h8-9,12-13,15,23H,4-7H2,1-3H3,(H,19,20,24,25). The molecule has 10 nitrogen and oxygen atoms in total. The van der Waals surface area contributed by atoms with Crippen molar-refractivity contribution in [3.8, 4) is 0 Å². The smallest absolute Gasteiger partial charge is 0.412 e. The minimum Gasteiger partial charge on any atom is -0.455 e. The van der Waals surface area contributed by atoms with Gasteiger partial charge in [-0.15, -0.1) is 0 Å². The van der Waals surface area contributed by atoms with Gasteiger partial charge in [0.25, 0.3) is 0 Å². The van der Waals surface area contributed by atoms with E-state index in [0.29, 0.717) is 6.42 Å². The summed E-state index contributed by atoms with van der Waals surface area (Å²) in [5.41, 5.74) is -0.967. The van der Waals surface area contributed by atoms with Crippen LogP contribution in [0.4, 0.5) is 15.0 Å². The first-order valence-electron chi connectivity index (χ1n) is 8.97. The van der Waals surface area contributed by atoms with Crippen LogP contribution in [0.3, 0.4) is 0 Å². The topological polar surface area (TPSA) is 129 Å². The van der Waals surface area contributed by atoms with Crippen LogP contribution in [0, 0.1) is 5.82 Å². The van der Waals surface area contributed by atoms with Crippen molar-refractivity contribution in [3.05, 3.63) is 22.5 Å². The quantitative estimate of drug-likeness (QED) is 0.517. The van der Waals surface area contributed by atoms with Crippen molar-refractivity contribution >= 4 is 17.9 Å². The Morgan fingerprint density at radius 1 is 1.43 bits per heavy atom. The zero-order valence-electron chi connectivity index (χ0n) is 15.9. The van der Waals surface area contributed by atoms with Gasteiger partial charge in [-0.05, 0) is 13.3 Å². The molecule has 1 aliphatic heterocycles. The number of carbonyl (C=O) groups is 2. The normalized spacial score (nSPS) is 24.0. The highest BCUT2D eigenvalue weighted by atomic mass is 19.1. The summed E-state index contributed by atoms with van der Waals surface area (Å²) < 4.78 is 30.4. The van der Waals surface area contributed by atoms with E-state index in [1.165, 1.54) is 6.92 Å². The molecule has 1 saturated heterocycles. The number of hydrogen-bond donors (Lipinski definition) is 2. The summed E-state index contributed by atoms with van der Waals surface area (Å²) in [5, 5.41) is 12.2. The van der Waals surface area contributed by atoms with Crippen molar-refractivity contribution in [1.82, 2.24) is 9.55 Å². The molecule has 2 rings (SSSR count). The van der Waals surface area contributed by atoms with Crippen LogP contribution in [0.5, 0.6) is 0 Å². The summed E-state index contributed by atoms with van der Waals surface area (Å²) in [4.78, 5) is 38.7. The Kier molecular flexibility index (Phi) is 7.46. The van der Waals surface area contributed by atoms with Crippen LogP contribution in [0.1, 0.15) is 46.3 Å². The van der Waals surface area contributed by atoms with E-state index in [9.17, 15) is 23.9 Å². The lowest BCUT2D eigenvalue weighted by atomic mass is 10.1. The maximum Gasteiger partial charge on any atom is 0.412 e. The summed E-state index contributed by atoms with van der Waals surface area (Å²) in [6, 6.07) is 0. The highest BCUT2D eigenvalue weighted by Crippen LogP contribution is 2.31. The molecule has 0 aromatic carbocycles. The molecule has 1 aliphatic rings. The third-order valence-corrected chi connectivity index (χ3v) is 4.14. The molecule has 11 heteroatoms. The molecule has 1 aromatic rings. The van der Waals surface area contributed by atoms with Crippen LogP contribution in [-0.4, -0.2) is 51.6 Å².